The Kier molecular flexibility index (Phi) is 5.66. The molecule has 0 aromatic carbocycles. The molecule has 0 heterocycles. The quantitative estimate of drug-likeness (QED) is 0.306. The van der Waals surface area contributed by atoms with Crippen LogP contribution in [-0.4, -0.2) is 32.0 Å². The Morgan fingerprint density at radius 3 is 2.69 bits per heavy atom. The lowest BCUT2D eigenvalue weighted by Gasteiger charge is -2.18. The van der Waals surface area contributed by atoms with Crippen molar-refractivity contribution in [2.24, 2.45) is 0 Å². The Morgan fingerprint density at radius 1 is 1.62 bits per heavy atom. The van der Waals surface area contributed by atoms with Gasteiger partial charge in [0, 0.05) is 12.3 Å². The zero-order valence-corrected chi connectivity index (χ0v) is 9.38. The fraction of sp³-hybridized carbons (Fsp3) is 0.667. The maximum absolute atomic E-state index is 10.6. The van der Waals surface area contributed by atoms with Crippen LogP contribution in [0.5, 0.6) is 0 Å². The van der Waals surface area contributed by atoms with Gasteiger partial charge in [-0.25, -0.2) is 4.79 Å². The van der Waals surface area contributed by atoms with Crippen LogP contribution in [0.4, 0.5) is 0 Å². The first-order chi connectivity index (χ1) is 6.02. The number of esters is 1. The highest BCUT2D eigenvalue weighted by molar-refractivity contribution is 6.77. The molecule has 0 saturated heterocycles. The van der Waals surface area contributed by atoms with Crippen LogP contribution in [0.15, 0.2) is 12.7 Å². The summed E-state index contributed by atoms with van der Waals surface area (Å²) >= 11 is 0. The summed E-state index contributed by atoms with van der Waals surface area (Å²) in [4.78, 5) is 10.6. The van der Waals surface area contributed by atoms with E-state index in [0.29, 0.717) is 12.8 Å². The molecule has 0 radical (unpaired) electrons. The Hall–Kier alpha value is -0.613. The van der Waals surface area contributed by atoms with E-state index in [9.17, 15) is 4.79 Å². The molecule has 0 unspecified atom stereocenters. The van der Waals surface area contributed by atoms with E-state index in [4.69, 9.17) is 9.84 Å². The third kappa shape index (κ3) is 6.54. The predicted molar refractivity (Wildman–Crippen MR) is 55.1 cm³/mol. The van der Waals surface area contributed by atoms with Gasteiger partial charge in [0.15, 0.2) is 0 Å². The van der Waals surface area contributed by atoms with Crippen LogP contribution in [0.3, 0.4) is 0 Å². The summed E-state index contributed by atoms with van der Waals surface area (Å²) < 4.78 is 4.81. The zero-order chi connectivity index (χ0) is 10.3. The second kappa shape index (κ2) is 5.94. The average Bonchev–Trinajstić information content (AvgIpc) is 2.12. The van der Waals surface area contributed by atoms with E-state index in [-0.39, 0.29) is 5.97 Å². The summed E-state index contributed by atoms with van der Waals surface area (Å²) in [5.41, 5.74) is 0. The zero-order valence-electron chi connectivity index (χ0n) is 8.38. The summed E-state index contributed by atoms with van der Waals surface area (Å²) in [5.74, 6) is -0.372. The van der Waals surface area contributed by atoms with E-state index in [0.717, 1.165) is 18.5 Å². The standard InChI is InChI=1S/C9H18O3Si/c1-4-9(11)12-6-5-7-13(2,3)8-10/h4,10H,1,5-8H2,2-3H3. The lowest BCUT2D eigenvalue weighted by molar-refractivity contribution is -0.137. The average molecular weight is 202 g/mol. The first kappa shape index (κ1) is 12.4. The molecule has 0 aliphatic heterocycles. The first-order valence-corrected chi connectivity index (χ1v) is 7.83. The van der Waals surface area contributed by atoms with Gasteiger partial charge < -0.3 is 9.84 Å². The van der Waals surface area contributed by atoms with Crippen molar-refractivity contribution in [1.29, 1.82) is 0 Å². The summed E-state index contributed by atoms with van der Waals surface area (Å²) in [7, 11) is -1.42. The largest absolute Gasteiger partial charge is 0.463 e. The molecule has 3 nitrogen and oxygen atoms in total. The van der Waals surface area contributed by atoms with Crippen LogP contribution >= 0.6 is 0 Å². The molecule has 0 atom stereocenters. The minimum absolute atomic E-state index is 0.294. The van der Waals surface area contributed by atoms with Crippen LogP contribution in [0.25, 0.3) is 0 Å². The number of carbonyl (C=O) groups excluding carboxylic acids is 1. The number of ether oxygens (including phenoxy) is 1. The molecule has 0 saturated carbocycles. The Morgan fingerprint density at radius 2 is 2.23 bits per heavy atom. The van der Waals surface area contributed by atoms with Gasteiger partial charge in [0.2, 0.25) is 0 Å². The lowest BCUT2D eigenvalue weighted by atomic mass is 10.5. The second-order valence-electron chi connectivity index (χ2n) is 3.80. The molecule has 0 spiro atoms. The van der Waals surface area contributed by atoms with Crippen LogP contribution in [0.2, 0.25) is 19.1 Å². The third-order valence-electron chi connectivity index (χ3n) is 1.84. The molecule has 1 N–H and O–H groups in total. The van der Waals surface area contributed by atoms with Crippen molar-refractivity contribution in [2.45, 2.75) is 25.6 Å². The van der Waals surface area contributed by atoms with Gasteiger partial charge >= 0.3 is 5.97 Å². The Balaban J connectivity index is 3.46. The topological polar surface area (TPSA) is 46.5 Å². The van der Waals surface area contributed by atoms with Gasteiger partial charge in [-0.15, -0.1) is 0 Å². The van der Waals surface area contributed by atoms with Crippen molar-refractivity contribution >= 4 is 14.0 Å². The third-order valence-corrected chi connectivity index (χ3v) is 4.40. The molecular weight excluding hydrogens is 184 g/mol. The van der Waals surface area contributed by atoms with Crippen LogP contribution < -0.4 is 0 Å². The van der Waals surface area contributed by atoms with Gasteiger partial charge in [0.25, 0.3) is 0 Å². The van der Waals surface area contributed by atoms with Crippen molar-refractivity contribution < 1.29 is 14.6 Å². The second-order valence-corrected chi connectivity index (χ2v) is 8.94. The molecule has 4 heteroatoms. The van der Waals surface area contributed by atoms with Gasteiger partial charge in [-0.05, 0) is 6.42 Å². The van der Waals surface area contributed by atoms with Crippen LogP contribution in [0, 0.1) is 0 Å². The van der Waals surface area contributed by atoms with Crippen molar-refractivity contribution in [3.63, 3.8) is 0 Å². The van der Waals surface area contributed by atoms with Gasteiger partial charge in [-0.2, -0.15) is 0 Å². The summed E-state index contributed by atoms with van der Waals surface area (Å²) in [6.07, 6.45) is 2.29. The van der Waals surface area contributed by atoms with E-state index in [1.54, 1.807) is 0 Å². The first-order valence-electron chi connectivity index (χ1n) is 4.42. The highest BCUT2D eigenvalue weighted by Crippen LogP contribution is 2.10. The summed E-state index contributed by atoms with van der Waals surface area (Å²) in [6.45, 7) is 7.96. The molecule has 0 aromatic rings. The van der Waals surface area contributed by atoms with Crippen molar-refractivity contribution in [2.75, 3.05) is 12.8 Å². The normalized spacial score (nSPS) is 11.0. The molecule has 0 aliphatic rings. The van der Waals surface area contributed by atoms with Gasteiger partial charge in [0.1, 0.15) is 0 Å². The van der Waals surface area contributed by atoms with Crippen LogP contribution in [-0.2, 0) is 9.53 Å². The predicted octanol–water partition coefficient (Wildman–Crippen LogP) is 1.35. The number of hydrogen-bond acceptors (Lipinski definition) is 3. The maximum atomic E-state index is 10.6. The number of aliphatic hydroxyl groups is 1. The maximum Gasteiger partial charge on any atom is 0.330 e. The van der Waals surface area contributed by atoms with Crippen LogP contribution in [0.1, 0.15) is 6.42 Å². The molecule has 0 aliphatic carbocycles. The smallest absolute Gasteiger partial charge is 0.330 e. The fourth-order valence-electron chi connectivity index (χ4n) is 0.861. The van der Waals surface area contributed by atoms with Gasteiger partial charge in [-0.1, -0.05) is 25.7 Å². The molecule has 13 heavy (non-hydrogen) atoms. The van der Waals surface area contributed by atoms with E-state index >= 15 is 0 Å². The van der Waals surface area contributed by atoms with E-state index in [1.165, 1.54) is 0 Å². The van der Waals surface area contributed by atoms with Crippen molar-refractivity contribution in [3.05, 3.63) is 12.7 Å². The van der Waals surface area contributed by atoms with E-state index in [1.807, 2.05) is 0 Å². The van der Waals surface area contributed by atoms with E-state index < -0.39 is 8.07 Å². The summed E-state index contributed by atoms with van der Waals surface area (Å²) in [6, 6.07) is 0.980. The van der Waals surface area contributed by atoms with E-state index in [2.05, 4.69) is 19.7 Å². The molecule has 0 bridgehead atoms. The Labute approximate surface area is 80.4 Å². The minimum Gasteiger partial charge on any atom is -0.463 e. The molecular formula is C9H18O3Si. The van der Waals surface area contributed by atoms with Crippen molar-refractivity contribution in [3.8, 4) is 0 Å². The van der Waals surface area contributed by atoms with Gasteiger partial charge in [-0.3, -0.25) is 0 Å². The number of rotatable bonds is 6. The SMILES string of the molecule is C=CC(=O)OCCC[Si](C)(C)CO. The monoisotopic (exact) mass is 202 g/mol. The Bertz CT molecular complexity index is 178. The number of carbonyl (C=O) groups is 1. The molecule has 0 aromatic heterocycles. The van der Waals surface area contributed by atoms with Gasteiger partial charge in [0.05, 0.1) is 14.7 Å². The fourth-order valence-corrected chi connectivity index (χ4v) is 2.12. The number of hydrogen-bond donors (Lipinski definition) is 1. The molecule has 0 fully saturated rings. The highest BCUT2D eigenvalue weighted by Gasteiger charge is 2.18. The molecule has 0 rings (SSSR count). The number of aliphatic hydroxyl groups excluding tert-OH is 1. The van der Waals surface area contributed by atoms with Crippen molar-refractivity contribution in [1.82, 2.24) is 0 Å². The highest BCUT2D eigenvalue weighted by atomic mass is 28.3. The lowest BCUT2D eigenvalue weighted by Crippen LogP contribution is -2.31. The molecule has 0 amide bonds. The molecule has 76 valence electrons. The summed E-state index contributed by atoms with van der Waals surface area (Å²) in [5, 5.41) is 8.99. The minimum atomic E-state index is -1.42.